The molecule has 0 aliphatic heterocycles. The number of aromatic nitrogens is 2. The number of halogens is 1. The first-order valence-electron chi connectivity index (χ1n) is 6.00. The normalized spacial score (nSPS) is 10.5. The summed E-state index contributed by atoms with van der Waals surface area (Å²) in [7, 11) is 0. The van der Waals surface area contributed by atoms with Crippen molar-refractivity contribution in [3.63, 3.8) is 0 Å². The molecular formula is C14H9BrN2O3S. The fourth-order valence-electron chi connectivity index (χ4n) is 1.65. The Hall–Kier alpha value is -1.99. The van der Waals surface area contributed by atoms with Crippen LogP contribution in [0.1, 0.15) is 16.2 Å². The lowest BCUT2D eigenvalue weighted by molar-refractivity contribution is 0.0430. The van der Waals surface area contributed by atoms with Crippen molar-refractivity contribution in [1.82, 2.24) is 10.1 Å². The number of rotatable bonds is 4. The minimum absolute atomic E-state index is 0.0459. The van der Waals surface area contributed by atoms with Crippen LogP contribution in [0.5, 0.6) is 0 Å². The molecule has 106 valence electrons. The molecule has 0 radical (unpaired) electrons. The molecule has 2 heterocycles. The highest BCUT2D eigenvalue weighted by atomic mass is 79.9. The number of carbonyl (C=O) groups is 1. The van der Waals surface area contributed by atoms with Crippen LogP contribution in [0.25, 0.3) is 11.4 Å². The highest BCUT2D eigenvalue weighted by Gasteiger charge is 2.12. The van der Waals surface area contributed by atoms with Crippen molar-refractivity contribution < 1.29 is 14.1 Å². The Kier molecular flexibility index (Phi) is 4.12. The van der Waals surface area contributed by atoms with Crippen molar-refractivity contribution >= 4 is 33.2 Å². The molecule has 3 rings (SSSR count). The Bertz CT molecular complexity index is 755. The summed E-state index contributed by atoms with van der Waals surface area (Å²) in [5.74, 6) is 0.310. The van der Waals surface area contributed by atoms with E-state index in [2.05, 4.69) is 26.1 Å². The lowest BCUT2D eigenvalue weighted by atomic mass is 10.2. The molecule has 7 heteroatoms. The maximum absolute atomic E-state index is 11.7. The molecule has 0 spiro atoms. The number of nitrogens with zero attached hydrogens (tertiary/aromatic N) is 2. The van der Waals surface area contributed by atoms with E-state index in [1.807, 2.05) is 29.6 Å². The van der Waals surface area contributed by atoms with E-state index in [0.717, 1.165) is 10.0 Å². The van der Waals surface area contributed by atoms with Gasteiger partial charge in [0.15, 0.2) is 6.61 Å². The number of benzene rings is 1. The number of carbonyl (C=O) groups excluding carboxylic acids is 1. The molecule has 0 atom stereocenters. The van der Waals surface area contributed by atoms with E-state index < -0.39 is 5.97 Å². The molecule has 0 N–H and O–H groups in total. The molecule has 0 saturated heterocycles. The Balaban J connectivity index is 1.67. The number of ether oxygens (including phenoxy) is 1. The van der Waals surface area contributed by atoms with Gasteiger partial charge in [0.2, 0.25) is 5.82 Å². The summed E-state index contributed by atoms with van der Waals surface area (Å²) in [5, 5.41) is 7.41. The average molecular weight is 365 g/mol. The van der Waals surface area contributed by atoms with E-state index in [1.54, 1.807) is 11.4 Å². The first kappa shape index (κ1) is 14.0. The Morgan fingerprint density at radius 2 is 2.29 bits per heavy atom. The van der Waals surface area contributed by atoms with Crippen LogP contribution in [0.3, 0.4) is 0 Å². The standard InChI is InChI=1S/C14H9BrN2O3S/c15-11-3-1-2-9(6-11)13-16-12(20-17-13)7-19-14(18)10-4-5-21-8-10/h1-6,8H,7H2. The molecule has 0 fully saturated rings. The second kappa shape index (κ2) is 6.19. The third kappa shape index (κ3) is 3.37. The Morgan fingerprint density at radius 3 is 3.05 bits per heavy atom. The summed E-state index contributed by atoms with van der Waals surface area (Å²) in [6.45, 7) is -0.0459. The smallest absolute Gasteiger partial charge is 0.339 e. The third-order valence-corrected chi connectivity index (χ3v) is 3.81. The molecule has 2 aromatic heterocycles. The van der Waals surface area contributed by atoms with Crippen molar-refractivity contribution in [3.05, 3.63) is 57.0 Å². The third-order valence-electron chi connectivity index (χ3n) is 2.63. The number of hydrogen-bond donors (Lipinski definition) is 0. The molecule has 3 aromatic rings. The second-order valence-electron chi connectivity index (χ2n) is 4.11. The highest BCUT2D eigenvalue weighted by Crippen LogP contribution is 2.20. The summed E-state index contributed by atoms with van der Waals surface area (Å²) in [6, 6.07) is 9.25. The van der Waals surface area contributed by atoms with Crippen LogP contribution in [0.2, 0.25) is 0 Å². The van der Waals surface area contributed by atoms with E-state index in [-0.39, 0.29) is 12.5 Å². The zero-order valence-electron chi connectivity index (χ0n) is 10.7. The predicted molar refractivity (Wildman–Crippen MR) is 80.9 cm³/mol. The highest BCUT2D eigenvalue weighted by molar-refractivity contribution is 9.10. The van der Waals surface area contributed by atoms with Crippen molar-refractivity contribution in [2.24, 2.45) is 0 Å². The maximum atomic E-state index is 11.7. The van der Waals surface area contributed by atoms with Crippen molar-refractivity contribution in [2.75, 3.05) is 0 Å². The molecule has 0 amide bonds. The van der Waals surface area contributed by atoms with Crippen molar-refractivity contribution in [2.45, 2.75) is 6.61 Å². The van der Waals surface area contributed by atoms with Gasteiger partial charge >= 0.3 is 5.97 Å². The molecule has 21 heavy (non-hydrogen) atoms. The van der Waals surface area contributed by atoms with Crippen LogP contribution in [0, 0.1) is 0 Å². The first-order valence-corrected chi connectivity index (χ1v) is 7.74. The van der Waals surface area contributed by atoms with E-state index in [9.17, 15) is 4.79 Å². The number of thiophene rings is 1. The van der Waals surface area contributed by atoms with Gasteiger partial charge in [0.25, 0.3) is 5.89 Å². The summed E-state index contributed by atoms with van der Waals surface area (Å²) >= 11 is 4.82. The summed E-state index contributed by atoms with van der Waals surface area (Å²) in [5.41, 5.74) is 1.34. The average Bonchev–Trinajstić information content (AvgIpc) is 3.16. The van der Waals surface area contributed by atoms with E-state index in [1.165, 1.54) is 11.3 Å². The second-order valence-corrected chi connectivity index (χ2v) is 5.81. The van der Waals surface area contributed by atoms with Gasteiger partial charge < -0.3 is 9.26 Å². The SMILES string of the molecule is O=C(OCc1nc(-c2cccc(Br)c2)no1)c1ccsc1. The maximum Gasteiger partial charge on any atom is 0.339 e. The summed E-state index contributed by atoms with van der Waals surface area (Å²) in [6.07, 6.45) is 0. The van der Waals surface area contributed by atoms with Crippen LogP contribution in [0.15, 0.2) is 50.1 Å². The lowest BCUT2D eigenvalue weighted by Gasteiger charge is -1.98. The minimum atomic E-state index is -0.404. The number of esters is 1. The molecule has 0 saturated carbocycles. The zero-order chi connectivity index (χ0) is 14.7. The van der Waals surface area contributed by atoms with Gasteiger partial charge in [0.05, 0.1) is 5.56 Å². The predicted octanol–water partition coefficient (Wildman–Crippen LogP) is 3.92. The summed E-state index contributed by atoms with van der Waals surface area (Å²) < 4.78 is 11.1. The van der Waals surface area contributed by atoms with Crippen LogP contribution in [0.4, 0.5) is 0 Å². The van der Waals surface area contributed by atoms with Gasteiger partial charge in [-0.15, -0.1) is 0 Å². The topological polar surface area (TPSA) is 65.2 Å². The Morgan fingerprint density at radius 1 is 1.38 bits per heavy atom. The monoisotopic (exact) mass is 364 g/mol. The van der Waals surface area contributed by atoms with Gasteiger partial charge in [-0.25, -0.2) is 4.79 Å². The molecule has 0 aliphatic carbocycles. The van der Waals surface area contributed by atoms with E-state index >= 15 is 0 Å². The van der Waals surface area contributed by atoms with E-state index in [0.29, 0.717) is 11.4 Å². The number of hydrogen-bond acceptors (Lipinski definition) is 6. The molecule has 1 aromatic carbocycles. The van der Waals surface area contributed by atoms with Gasteiger partial charge in [-0.05, 0) is 23.6 Å². The summed E-state index contributed by atoms with van der Waals surface area (Å²) in [4.78, 5) is 15.9. The lowest BCUT2D eigenvalue weighted by Crippen LogP contribution is -2.03. The van der Waals surface area contributed by atoms with Crippen LogP contribution in [-0.2, 0) is 11.3 Å². The fraction of sp³-hybridized carbons (Fsp3) is 0.0714. The van der Waals surface area contributed by atoms with Crippen molar-refractivity contribution in [3.8, 4) is 11.4 Å². The van der Waals surface area contributed by atoms with Crippen LogP contribution < -0.4 is 0 Å². The van der Waals surface area contributed by atoms with Gasteiger partial charge in [0, 0.05) is 15.4 Å². The zero-order valence-corrected chi connectivity index (χ0v) is 13.1. The van der Waals surface area contributed by atoms with Gasteiger partial charge in [-0.2, -0.15) is 16.3 Å². The molecule has 0 unspecified atom stereocenters. The largest absolute Gasteiger partial charge is 0.452 e. The van der Waals surface area contributed by atoms with Gasteiger partial charge in [-0.3, -0.25) is 0 Å². The van der Waals surface area contributed by atoms with Gasteiger partial charge in [0.1, 0.15) is 0 Å². The molecule has 0 aliphatic rings. The minimum Gasteiger partial charge on any atom is -0.452 e. The molecular weight excluding hydrogens is 356 g/mol. The fourth-order valence-corrected chi connectivity index (χ4v) is 2.67. The van der Waals surface area contributed by atoms with Crippen molar-refractivity contribution in [1.29, 1.82) is 0 Å². The molecule has 0 bridgehead atoms. The Labute approximate surface area is 132 Å². The first-order chi connectivity index (χ1) is 10.2. The van der Waals surface area contributed by atoms with Gasteiger partial charge in [-0.1, -0.05) is 33.2 Å². The van der Waals surface area contributed by atoms with Crippen LogP contribution in [-0.4, -0.2) is 16.1 Å². The van der Waals surface area contributed by atoms with Crippen LogP contribution >= 0.6 is 27.3 Å². The van der Waals surface area contributed by atoms with E-state index in [4.69, 9.17) is 9.26 Å². The molecule has 5 nitrogen and oxygen atoms in total. The quantitative estimate of drug-likeness (QED) is 0.656.